The molecule has 0 N–H and O–H groups in total. The van der Waals surface area contributed by atoms with E-state index in [0.29, 0.717) is 0 Å². The fourth-order valence-corrected chi connectivity index (χ4v) is 4.63. The van der Waals surface area contributed by atoms with E-state index in [1.54, 1.807) is 22.7 Å². The molecule has 86 valence electrons. The second kappa shape index (κ2) is 4.33. The molecule has 2 nitrogen and oxygen atoms in total. The number of aromatic nitrogens is 2. The van der Waals surface area contributed by atoms with Gasteiger partial charge >= 0.3 is 0 Å². The van der Waals surface area contributed by atoms with Crippen LogP contribution in [0, 0.1) is 13.8 Å². The van der Waals surface area contributed by atoms with Gasteiger partial charge in [0.1, 0.15) is 0 Å². The van der Waals surface area contributed by atoms with Gasteiger partial charge in [-0.2, -0.15) is 0 Å². The van der Waals surface area contributed by atoms with Crippen LogP contribution in [0.2, 0.25) is 0 Å². The molecule has 0 aliphatic heterocycles. The van der Waals surface area contributed by atoms with Crippen molar-refractivity contribution in [2.45, 2.75) is 13.8 Å². The van der Waals surface area contributed by atoms with Gasteiger partial charge in [-0.1, -0.05) is 0 Å². The maximum Gasteiger partial charge on any atom is 0.0801 e. The molecule has 0 atom stereocenters. The molecule has 3 aromatic rings. The van der Waals surface area contributed by atoms with Crippen LogP contribution >= 0.6 is 34.0 Å². The molecule has 0 aromatic carbocycles. The molecule has 3 aromatic heterocycles. The third-order valence-electron chi connectivity index (χ3n) is 2.54. The van der Waals surface area contributed by atoms with Gasteiger partial charge in [0.05, 0.1) is 32.2 Å². The standard InChI is InChI=1S/C12H10N2S3/c1-7-11(15-5-13-7)9-3-4-10(17-9)12-8(2)14-6-16-12/h3-6H,1-2H3. The van der Waals surface area contributed by atoms with Gasteiger partial charge in [-0.25, -0.2) is 9.97 Å². The van der Waals surface area contributed by atoms with Crippen LogP contribution in [0.25, 0.3) is 19.5 Å². The Morgan fingerprint density at radius 3 is 1.65 bits per heavy atom. The Bertz CT molecular complexity index is 593. The van der Waals surface area contributed by atoms with Crippen molar-refractivity contribution in [3.8, 4) is 19.5 Å². The molecule has 17 heavy (non-hydrogen) atoms. The zero-order chi connectivity index (χ0) is 11.8. The summed E-state index contributed by atoms with van der Waals surface area (Å²) in [4.78, 5) is 13.8. The maximum absolute atomic E-state index is 4.30. The smallest absolute Gasteiger partial charge is 0.0801 e. The van der Waals surface area contributed by atoms with Crippen LogP contribution in [0.5, 0.6) is 0 Å². The van der Waals surface area contributed by atoms with Crippen molar-refractivity contribution in [1.82, 2.24) is 9.97 Å². The van der Waals surface area contributed by atoms with Gasteiger partial charge in [0.25, 0.3) is 0 Å². The number of hydrogen-bond donors (Lipinski definition) is 0. The minimum Gasteiger partial charge on any atom is -0.249 e. The molecule has 3 heterocycles. The molecule has 0 fully saturated rings. The number of hydrogen-bond acceptors (Lipinski definition) is 5. The van der Waals surface area contributed by atoms with Gasteiger partial charge < -0.3 is 0 Å². The van der Waals surface area contributed by atoms with Crippen molar-refractivity contribution in [2.24, 2.45) is 0 Å². The van der Waals surface area contributed by atoms with E-state index in [1.807, 2.05) is 22.4 Å². The second-order valence-corrected chi connectivity index (χ2v) is 6.49. The summed E-state index contributed by atoms with van der Waals surface area (Å²) in [5.74, 6) is 0. The van der Waals surface area contributed by atoms with Crippen LogP contribution < -0.4 is 0 Å². The summed E-state index contributed by atoms with van der Waals surface area (Å²) in [5, 5.41) is 0. The SMILES string of the molecule is Cc1ncsc1-c1ccc(-c2scnc2C)s1. The number of aryl methyl sites for hydroxylation is 2. The van der Waals surface area contributed by atoms with Crippen LogP contribution in [-0.2, 0) is 0 Å². The van der Waals surface area contributed by atoms with E-state index in [9.17, 15) is 0 Å². The van der Waals surface area contributed by atoms with E-state index >= 15 is 0 Å². The number of thiazole rings is 2. The lowest BCUT2D eigenvalue weighted by Gasteiger charge is -1.93. The van der Waals surface area contributed by atoms with E-state index in [2.05, 4.69) is 35.9 Å². The first-order valence-corrected chi connectivity index (χ1v) is 7.74. The molecule has 0 radical (unpaired) electrons. The molecule has 0 unspecified atom stereocenters. The molecule has 0 aliphatic rings. The first kappa shape index (κ1) is 11.1. The first-order chi connectivity index (χ1) is 8.25. The van der Waals surface area contributed by atoms with Crippen molar-refractivity contribution >= 4 is 34.0 Å². The van der Waals surface area contributed by atoms with Crippen molar-refractivity contribution < 1.29 is 0 Å². The second-order valence-electron chi connectivity index (χ2n) is 3.70. The summed E-state index contributed by atoms with van der Waals surface area (Å²) in [6.07, 6.45) is 0. The van der Waals surface area contributed by atoms with Crippen LogP contribution in [0.1, 0.15) is 11.4 Å². The number of nitrogens with zero attached hydrogens (tertiary/aromatic N) is 2. The van der Waals surface area contributed by atoms with Crippen LogP contribution in [0.4, 0.5) is 0 Å². The minimum absolute atomic E-state index is 1.12. The normalized spacial score (nSPS) is 10.9. The Morgan fingerprint density at radius 1 is 0.824 bits per heavy atom. The first-order valence-electron chi connectivity index (χ1n) is 5.16. The summed E-state index contributed by atoms with van der Waals surface area (Å²) in [7, 11) is 0. The van der Waals surface area contributed by atoms with E-state index < -0.39 is 0 Å². The van der Waals surface area contributed by atoms with Crippen molar-refractivity contribution in [1.29, 1.82) is 0 Å². The van der Waals surface area contributed by atoms with Gasteiger partial charge in [-0.15, -0.1) is 34.0 Å². The molecular weight excluding hydrogens is 268 g/mol. The third kappa shape index (κ3) is 1.94. The molecule has 0 spiro atoms. The fraction of sp³-hybridized carbons (Fsp3) is 0.167. The van der Waals surface area contributed by atoms with E-state index in [-0.39, 0.29) is 0 Å². The zero-order valence-electron chi connectivity index (χ0n) is 9.43. The van der Waals surface area contributed by atoms with E-state index in [4.69, 9.17) is 0 Å². The predicted octanol–water partition coefficient (Wildman–Crippen LogP) is 4.61. The van der Waals surface area contributed by atoms with Gasteiger partial charge in [0, 0.05) is 9.75 Å². The Hall–Kier alpha value is -1.04. The van der Waals surface area contributed by atoms with Gasteiger partial charge in [-0.05, 0) is 26.0 Å². The quantitative estimate of drug-likeness (QED) is 0.684. The monoisotopic (exact) mass is 278 g/mol. The fourth-order valence-electron chi connectivity index (χ4n) is 1.66. The molecule has 0 amide bonds. The highest BCUT2D eigenvalue weighted by molar-refractivity contribution is 7.25. The highest BCUT2D eigenvalue weighted by Gasteiger charge is 2.11. The largest absolute Gasteiger partial charge is 0.249 e. The van der Waals surface area contributed by atoms with Crippen molar-refractivity contribution in [3.63, 3.8) is 0 Å². The van der Waals surface area contributed by atoms with Gasteiger partial charge in [-0.3, -0.25) is 0 Å². The Balaban J connectivity index is 2.05. The highest BCUT2D eigenvalue weighted by atomic mass is 32.1. The predicted molar refractivity (Wildman–Crippen MR) is 76.0 cm³/mol. The molecule has 0 saturated carbocycles. The molecule has 0 saturated heterocycles. The molecular formula is C12H10N2S3. The van der Waals surface area contributed by atoms with Crippen LogP contribution in [-0.4, -0.2) is 9.97 Å². The van der Waals surface area contributed by atoms with Gasteiger partial charge in [0.2, 0.25) is 0 Å². The molecule has 5 heteroatoms. The third-order valence-corrected chi connectivity index (χ3v) is 5.85. The van der Waals surface area contributed by atoms with Gasteiger partial charge in [0.15, 0.2) is 0 Å². The molecule has 0 bridgehead atoms. The maximum atomic E-state index is 4.30. The molecule has 3 rings (SSSR count). The average Bonchev–Trinajstić information content (AvgIpc) is 2.97. The minimum atomic E-state index is 1.12. The van der Waals surface area contributed by atoms with Crippen LogP contribution in [0.3, 0.4) is 0 Å². The number of rotatable bonds is 2. The Morgan fingerprint density at radius 2 is 1.29 bits per heavy atom. The van der Waals surface area contributed by atoms with E-state index in [0.717, 1.165) is 11.4 Å². The highest BCUT2D eigenvalue weighted by Crippen LogP contribution is 2.39. The summed E-state index contributed by atoms with van der Waals surface area (Å²) in [6, 6.07) is 4.36. The topological polar surface area (TPSA) is 25.8 Å². The Kier molecular flexibility index (Phi) is 2.82. The summed E-state index contributed by atoms with van der Waals surface area (Å²) < 4.78 is 0. The van der Waals surface area contributed by atoms with Crippen molar-refractivity contribution in [2.75, 3.05) is 0 Å². The zero-order valence-corrected chi connectivity index (χ0v) is 11.9. The van der Waals surface area contributed by atoms with Crippen molar-refractivity contribution in [3.05, 3.63) is 34.5 Å². The summed E-state index contributed by atoms with van der Waals surface area (Å²) in [6.45, 7) is 4.12. The lowest BCUT2D eigenvalue weighted by molar-refractivity contribution is 1.27. The Labute approximate surface area is 112 Å². The molecule has 0 aliphatic carbocycles. The summed E-state index contributed by atoms with van der Waals surface area (Å²) in [5.41, 5.74) is 6.04. The number of thiophene rings is 1. The lowest BCUT2D eigenvalue weighted by atomic mass is 10.3. The summed E-state index contributed by atoms with van der Waals surface area (Å²) >= 11 is 5.23. The van der Waals surface area contributed by atoms with E-state index in [1.165, 1.54) is 19.5 Å². The van der Waals surface area contributed by atoms with Crippen LogP contribution in [0.15, 0.2) is 23.2 Å². The average molecular weight is 278 g/mol. The lowest BCUT2D eigenvalue weighted by Crippen LogP contribution is -1.72.